The molecule has 1 aliphatic heterocycles. The molecule has 1 aromatic heterocycles. The smallest absolute Gasteiger partial charge is 0.254 e. The Labute approximate surface area is 178 Å². The molecule has 4 rings (SSSR count). The lowest BCUT2D eigenvalue weighted by Crippen LogP contribution is -2.36. The quantitative estimate of drug-likeness (QED) is 0.685. The third-order valence-electron chi connectivity index (χ3n) is 5.46. The number of hydrogen-bond donors (Lipinski definition) is 1. The number of benzene rings is 2. The number of halogens is 2. The number of aryl methyl sites for hydroxylation is 1. The van der Waals surface area contributed by atoms with Crippen LogP contribution in [0.2, 0.25) is 0 Å². The largest absolute Gasteiger partial charge is 0.352 e. The molecular formula is C23H22F2N4O2. The van der Waals surface area contributed by atoms with Gasteiger partial charge in [0, 0.05) is 61.9 Å². The first kappa shape index (κ1) is 20.7. The Bertz CT molecular complexity index is 1130. The highest BCUT2D eigenvalue weighted by molar-refractivity contribution is 5.94. The molecule has 8 heteroatoms. The van der Waals surface area contributed by atoms with Crippen LogP contribution in [-0.2, 0) is 26.4 Å². The second kappa shape index (κ2) is 8.67. The van der Waals surface area contributed by atoms with Gasteiger partial charge in [0.25, 0.3) is 11.8 Å². The molecule has 1 N–H and O–H groups in total. The average molecular weight is 424 g/mol. The Morgan fingerprint density at radius 2 is 1.84 bits per heavy atom. The summed E-state index contributed by atoms with van der Waals surface area (Å²) in [6.45, 7) is 1.21. The van der Waals surface area contributed by atoms with Crippen molar-refractivity contribution in [2.75, 3.05) is 13.1 Å². The highest BCUT2D eigenvalue weighted by Crippen LogP contribution is 2.24. The van der Waals surface area contributed by atoms with Gasteiger partial charge in [0.1, 0.15) is 0 Å². The number of amides is 2. The number of carbonyl (C=O) groups excluding carboxylic acids is 2. The number of aromatic nitrogens is 2. The fourth-order valence-electron chi connectivity index (χ4n) is 3.84. The van der Waals surface area contributed by atoms with E-state index in [2.05, 4.69) is 10.4 Å². The van der Waals surface area contributed by atoms with Crippen molar-refractivity contribution in [1.82, 2.24) is 20.0 Å². The van der Waals surface area contributed by atoms with Crippen molar-refractivity contribution >= 4 is 11.8 Å². The van der Waals surface area contributed by atoms with Crippen LogP contribution < -0.4 is 5.32 Å². The zero-order chi connectivity index (χ0) is 22.0. The summed E-state index contributed by atoms with van der Waals surface area (Å²) in [7, 11) is 1.86. The van der Waals surface area contributed by atoms with Gasteiger partial charge in [0.05, 0.1) is 5.69 Å². The van der Waals surface area contributed by atoms with Crippen LogP contribution in [0.15, 0.2) is 48.5 Å². The topological polar surface area (TPSA) is 67.2 Å². The van der Waals surface area contributed by atoms with Crippen molar-refractivity contribution in [3.8, 4) is 0 Å². The summed E-state index contributed by atoms with van der Waals surface area (Å²) < 4.78 is 28.6. The Balaban J connectivity index is 1.44. The number of nitrogens with one attached hydrogen (secondary N) is 1. The monoisotopic (exact) mass is 424 g/mol. The molecule has 0 saturated carbocycles. The van der Waals surface area contributed by atoms with Gasteiger partial charge < -0.3 is 10.2 Å². The van der Waals surface area contributed by atoms with Gasteiger partial charge in [-0.2, -0.15) is 5.10 Å². The van der Waals surface area contributed by atoms with Crippen molar-refractivity contribution < 1.29 is 18.4 Å². The minimum absolute atomic E-state index is 0.114. The van der Waals surface area contributed by atoms with Gasteiger partial charge in [-0.25, -0.2) is 8.78 Å². The van der Waals surface area contributed by atoms with E-state index in [0.29, 0.717) is 38.0 Å². The van der Waals surface area contributed by atoms with E-state index in [1.807, 2.05) is 29.9 Å². The first-order chi connectivity index (χ1) is 14.9. The maximum atomic E-state index is 13.5. The lowest BCUT2D eigenvalue weighted by Gasteiger charge is -2.28. The van der Waals surface area contributed by atoms with E-state index >= 15 is 0 Å². The molecule has 0 spiro atoms. The molecule has 0 bridgehead atoms. The van der Waals surface area contributed by atoms with Crippen LogP contribution in [0.3, 0.4) is 0 Å². The Kier molecular flexibility index (Phi) is 5.79. The molecule has 6 nitrogen and oxygen atoms in total. The minimum atomic E-state index is -1.04. The fraction of sp³-hybridized carbons (Fsp3) is 0.261. The van der Waals surface area contributed by atoms with Crippen LogP contribution in [0.25, 0.3) is 0 Å². The molecule has 0 aliphatic carbocycles. The highest BCUT2D eigenvalue weighted by atomic mass is 19.2. The van der Waals surface area contributed by atoms with Crippen molar-refractivity contribution in [2.24, 2.45) is 7.05 Å². The van der Waals surface area contributed by atoms with Crippen molar-refractivity contribution in [1.29, 1.82) is 0 Å². The molecule has 2 heterocycles. The van der Waals surface area contributed by atoms with Crippen LogP contribution in [0, 0.1) is 11.6 Å². The van der Waals surface area contributed by atoms with Gasteiger partial charge in [-0.15, -0.1) is 0 Å². The summed E-state index contributed by atoms with van der Waals surface area (Å²) in [5.74, 6) is -2.53. The van der Waals surface area contributed by atoms with Crippen LogP contribution in [0.5, 0.6) is 0 Å². The highest BCUT2D eigenvalue weighted by Gasteiger charge is 2.27. The van der Waals surface area contributed by atoms with E-state index in [4.69, 9.17) is 0 Å². The number of carbonyl (C=O) groups is 2. The van der Waals surface area contributed by atoms with Gasteiger partial charge in [-0.1, -0.05) is 18.2 Å². The minimum Gasteiger partial charge on any atom is -0.352 e. The van der Waals surface area contributed by atoms with Gasteiger partial charge in [-0.05, 0) is 30.3 Å². The molecule has 0 unspecified atom stereocenters. The lowest BCUT2D eigenvalue weighted by atomic mass is 10.0. The second-order valence-electron chi connectivity index (χ2n) is 7.47. The van der Waals surface area contributed by atoms with Gasteiger partial charge >= 0.3 is 0 Å². The second-order valence-corrected chi connectivity index (χ2v) is 7.47. The third-order valence-corrected chi connectivity index (χ3v) is 5.46. The predicted octanol–water partition coefficient (Wildman–Crippen LogP) is 2.87. The molecule has 1 aliphatic rings. The van der Waals surface area contributed by atoms with Gasteiger partial charge in [0.15, 0.2) is 11.6 Å². The number of nitrogens with zero attached hydrogens (tertiary/aromatic N) is 3. The summed E-state index contributed by atoms with van der Waals surface area (Å²) in [6, 6.07) is 12.1. The zero-order valence-corrected chi connectivity index (χ0v) is 17.1. The van der Waals surface area contributed by atoms with Crippen LogP contribution >= 0.6 is 0 Å². The zero-order valence-electron chi connectivity index (χ0n) is 17.1. The summed E-state index contributed by atoms with van der Waals surface area (Å²) >= 11 is 0. The van der Waals surface area contributed by atoms with Gasteiger partial charge in [0.2, 0.25) is 0 Å². The van der Waals surface area contributed by atoms with Crippen molar-refractivity contribution in [3.63, 3.8) is 0 Å². The van der Waals surface area contributed by atoms with E-state index in [0.717, 1.165) is 29.1 Å². The normalized spacial score (nSPS) is 13.1. The molecule has 2 aromatic carbocycles. The third kappa shape index (κ3) is 4.33. The SMILES string of the molecule is Cn1nc(CCNC(=O)c2ccccc2)c2c1CCN(C(=O)c1ccc(F)c(F)c1)C2. The maximum Gasteiger partial charge on any atom is 0.254 e. The maximum absolute atomic E-state index is 13.5. The predicted molar refractivity (Wildman–Crippen MR) is 110 cm³/mol. The van der Waals surface area contributed by atoms with E-state index in [-0.39, 0.29) is 17.4 Å². The molecule has 160 valence electrons. The number of rotatable bonds is 5. The number of hydrogen-bond acceptors (Lipinski definition) is 3. The van der Waals surface area contributed by atoms with Crippen LogP contribution in [-0.4, -0.2) is 39.6 Å². The van der Waals surface area contributed by atoms with Crippen molar-refractivity contribution in [2.45, 2.75) is 19.4 Å². The Morgan fingerprint density at radius 1 is 1.06 bits per heavy atom. The Morgan fingerprint density at radius 3 is 2.58 bits per heavy atom. The van der Waals surface area contributed by atoms with E-state index < -0.39 is 11.6 Å². The molecule has 0 radical (unpaired) electrons. The first-order valence-corrected chi connectivity index (χ1v) is 10.0. The molecule has 31 heavy (non-hydrogen) atoms. The molecule has 3 aromatic rings. The van der Waals surface area contributed by atoms with E-state index in [9.17, 15) is 18.4 Å². The van der Waals surface area contributed by atoms with Gasteiger partial charge in [-0.3, -0.25) is 14.3 Å². The summed E-state index contributed by atoms with van der Waals surface area (Å²) in [5, 5.41) is 7.46. The molecular weight excluding hydrogens is 402 g/mol. The standard InChI is InChI=1S/C23H22F2N4O2/c1-28-21-10-12-29(23(31)16-7-8-18(24)19(25)13-16)14-17(21)20(27-28)9-11-26-22(30)15-5-3-2-4-6-15/h2-8,13H,9-12,14H2,1H3,(H,26,30). The Hall–Kier alpha value is -3.55. The first-order valence-electron chi connectivity index (χ1n) is 10.0. The molecule has 2 amide bonds. The number of fused-ring (bicyclic) bond motifs is 1. The van der Waals surface area contributed by atoms with E-state index in [1.165, 1.54) is 6.07 Å². The van der Waals surface area contributed by atoms with Crippen LogP contribution in [0.1, 0.15) is 37.7 Å². The summed E-state index contributed by atoms with van der Waals surface area (Å²) in [6.07, 6.45) is 1.14. The van der Waals surface area contributed by atoms with Crippen molar-refractivity contribution in [3.05, 3.63) is 88.2 Å². The summed E-state index contributed by atoms with van der Waals surface area (Å²) in [4.78, 5) is 26.6. The fourth-order valence-corrected chi connectivity index (χ4v) is 3.84. The molecule has 0 fully saturated rings. The summed E-state index contributed by atoms with van der Waals surface area (Å²) in [5.41, 5.74) is 3.50. The molecule has 0 atom stereocenters. The van der Waals surface area contributed by atoms with E-state index in [1.54, 1.807) is 17.0 Å². The van der Waals surface area contributed by atoms with Crippen LogP contribution in [0.4, 0.5) is 8.78 Å². The lowest BCUT2D eigenvalue weighted by molar-refractivity contribution is 0.0732. The molecule has 0 saturated heterocycles. The average Bonchev–Trinajstić information content (AvgIpc) is 3.10.